The lowest BCUT2D eigenvalue weighted by Gasteiger charge is -2.37. The molecule has 0 N–H and O–H groups in total. The summed E-state index contributed by atoms with van der Waals surface area (Å²) in [7, 11) is 0. The maximum absolute atomic E-state index is 14.6. The number of benzene rings is 1. The summed E-state index contributed by atoms with van der Waals surface area (Å²) >= 11 is 0. The smallest absolute Gasteiger partial charge is 0.200 e. The van der Waals surface area contributed by atoms with Crippen molar-refractivity contribution < 1.29 is 13.5 Å². The van der Waals surface area contributed by atoms with Crippen molar-refractivity contribution >= 4 is 0 Å². The van der Waals surface area contributed by atoms with Gasteiger partial charge in [-0.15, -0.1) is 6.58 Å². The minimum absolute atomic E-state index is 0.00137. The SMILES string of the molecule is C=CC1CCC(C2CCC(C=CC3C=CC(c4ccc(OCC)c(F)c4F)CC3)CC2)CC1. The molecule has 33 heavy (non-hydrogen) atoms. The Hall–Kier alpha value is -1.90. The molecule has 2 fully saturated rings. The van der Waals surface area contributed by atoms with E-state index in [2.05, 4.69) is 37.0 Å². The minimum Gasteiger partial charge on any atom is -0.491 e. The van der Waals surface area contributed by atoms with Gasteiger partial charge in [-0.25, -0.2) is 4.39 Å². The third-order valence-corrected chi connectivity index (χ3v) is 8.44. The zero-order valence-corrected chi connectivity index (χ0v) is 20.2. The highest BCUT2D eigenvalue weighted by Gasteiger charge is 2.30. The van der Waals surface area contributed by atoms with Crippen LogP contribution >= 0.6 is 0 Å². The van der Waals surface area contributed by atoms with Crippen LogP contribution in [0.5, 0.6) is 5.75 Å². The molecule has 0 aromatic heterocycles. The number of ether oxygens (including phenoxy) is 1. The van der Waals surface area contributed by atoms with Crippen LogP contribution in [0.25, 0.3) is 0 Å². The van der Waals surface area contributed by atoms with Gasteiger partial charge in [-0.1, -0.05) is 36.4 Å². The molecule has 4 rings (SSSR count). The lowest BCUT2D eigenvalue weighted by molar-refractivity contribution is 0.166. The van der Waals surface area contributed by atoms with E-state index in [9.17, 15) is 8.78 Å². The molecule has 1 aromatic carbocycles. The van der Waals surface area contributed by atoms with Crippen LogP contribution in [0.1, 0.15) is 82.6 Å². The molecule has 0 saturated heterocycles. The van der Waals surface area contributed by atoms with Gasteiger partial charge < -0.3 is 4.74 Å². The van der Waals surface area contributed by atoms with Crippen LogP contribution in [0.4, 0.5) is 8.78 Å². The van der Waals surface area contributed by atoms with E-state index in [0.29, 0.717) is 24.0 Å². The first-order chi connectivity index (χ1) is 16.1. The fourth-order valence-electron chi connectivity index (χ4n) is 6.32. The third-order valence-electron chi connectivity index (χ3n) is 8.44. The number of hydrogen-bond acceptors (Lipinski definition) is 1. The molecule has 2 atom stereocenters. The summed E-state index contributed by atoms with van der Waals surface area (Å²) in [5.74, 6) is 2.04. The maximum Gasteiger partial charge on any atom is 0.200 e. The van der Waals surface area contributed by atoms with E-state index in [-0.39, 0.29) is 11.7 Å². The van der Waals surface area contributed by atoms with Gasteiger partial charge in [0.05, 0.1) is 6.61 Å². The first-order valence-electron chi connectivity index (χ1n) is 13.2. The average Bonchev–Trinajstić information content (AvgIpc) is 2.87. The molecule has 3 aliphatic rings. The normalized spacial score (nSPS) is 32.7. The van der Waals surface area contributed by atoms with Gasteiger partial charge in [0, 0.05) is 5.92 Å². The van der Waals surface area contributed by atoms with Gasteiger partial charge in [0.25, 0.3) is 0 Å². The Kier molecular flexibility index (Phi) is 8.44. The second-order valence-electron chi connectivity index (χ2n) is 10.4. The van der Waals surface area contributed by atoms with Gasteiger partial charge in [-0.3, -0.25) is 0 Å². The van der Waals surface area contributed by atoms with Crippen molar-refractivity contribution in [2.75, 3.05) is 6.61 Å². The second kappa shape index (κ2) is 11.5. The molecule has 1 nitrogen and oxygen atoms in total. The van der Waals surface area contributed by atoms with Crippen molar-refractivity contribution in [1.82, 2.24) is 0 Å². The van der Waals surface area contributed by atoms with Crippen molar-refractivity contribution in [2.45, 2.75) is 77.0 Å². The zero-order valence-electron chi connectivity index (χ0n) is 20.2. The van der Waals surface area contributed by atoms with Crippen molar-refractivity contribution in [2.24, 2.45) is 29.6 Å². The van der Waals surface area contributed by atoms with E-state index in [4.69, 9.17) is 4.74 Å². The summed E-state index contributed by atoms with van der Waals surface area (Å²) in [6, 6.07) is 3.23. The Morgan fingerprint density at radius 3 is 2.06 bits per heavy atom. The molecule has 180 valence electrons. The molecule has 3 heteroatoms. The first-order valence-corrected chi connectivity index (χ1v) is 13.2. The molecule has 0 amide bonds. The van der Waals surface area contributed by atoms with Gasteiger partial charge in [0.2, 0.25) is 5.82 Å². The molecule has 3 aliphatic carbocycles. The van der Waals surface area contributed by atoms with Crippen LogP contribution in [-0.2, 0) is 0 Å². The predicted molar refractivity (Wildman–Crippen MR) is 132 cm³/mol. The van der Waals surface area contributed by atoms with Gasteiger partial charge in [-0.2, -0.15) is 4.39 Å². The summed E-state index contributed by atoms with van der Waals surface area (Å²) in [6.45, 7) is 6.07. The summed E-state index contributed by atoms with van der Waals surface area (Å²) in [6.07, 6.45) is 23.9. The lowest BCUT2D eigenvalue weighted by atomic mass is 9.69. The van der Waals surface area contributed by atoms with Gasteiger partial charge in [0.15, 0.2) is 11.6 Å². The van der Waals surface area contributed by atoms with E-state index < -0.39 is 11.6 Å². The molecular weight excluding hydrogens is 414 g/mol. The number of hydrogen-bond donors (Lipinski definition) is 0. The van der Waals surface area contributed by atoms with Gasteiger partial charge >= 0.3 is 0 Å². The molecule has 2 saturated carbocycles. The van der Waals surface area contributed by atoms with Crippen LogP contribution in [-0.4, -0.2) is 6.61 Å². The van der Waals surface area contributed by atoms with Crippen molar-refractivity contribution in [3.63, 3.8) is 0 Å². The third kappa shape index (κ3) is 5.97. The molecule has 0 heterocycles. The highest BCUT2D eigenvalue weighted by Crippen LogP contribution is 2.42. The van der Waals surface area contributed by atoms with Crippen LogP contribution < -0.4 is 4.74 Å². The number of halogens is 2. The van der Waals surface area contributed by atoms with Crippen molar-refractivity contribution in [1.29, 1.82) is 0 Å². The van der Waals surface area contributed by atoms with E-state index >= 15 is 0 Å². The summed E-state index contributed by atoms with van der Waals surface area (Å²) < 4.78 is 34.0. The lowest BCUT2D eigenvalue weighted by Crippen LogP contribution is -2.25. The Labute approximate surface area is 199 Å². The fourth-order valence-corrected chi connectivity index (χ4v) is 6.32. The Balaban J connectivity index is 1.25. The predicted octanol–water partition coefficient (Wildman–Crippen LogP) is 8.77. The molecule has 0 radical (unpaired) electrons. The van der Waals surface area contributed by atoms with Crippen molar-refractivity contribution in [3.05, 3.63) is 66.3 Å². The molecule has 0 bridgehead atoms. The molecular formula is C30H40F2O. The van der Waals surface area contributed by atoms with Gasteiger partial charge in [0.1, 0.15) is 0 Å². The Bertz CT molecular complexity index is 841. The minimum atomic E-state index is -0.867. The highest BCUT2D eigenvalue weighted by molar-refractivity contribution is 5.35. The monoisotopic (exact) mass is 454 g/mol. The van der Waals surface area contributed by atoms with Crippen LogP contribution in [0.3, 0.4) is 0 Å². The quantitative estimate of drug-likeness (QED) is 0.374. The van der Waals surface area contributed by atoms with E-state index in [1.807, 2.05) is 0 Å². The average molecular weight is 455 g/mol. The zero-order chi connectivity index (χ0) is 23.2. The van der Waals surface area contributed by atoms with E-state index in [0.717, 1.165) is 30.6 Å². The number of allylic oxidation sites excluding steroid dienone is 5. The topological polar surface area (TPSA) is 9.23 Å². The van der Waals surface area contributed by atoms with Crippen molar-refractivity contribution in [3.8, 4) is 5.75 Å². The summed E-state index contributed by atoms with van der Waals surface area (Å²) in [5.41, 5.74) is 0.440. The second-order valence-corrected chi connectivity index (χ2v) is 10.4. The molecule has 0 spiro atoms. The first kappa shape index (κ1) is 24.2. The highest BCUT2D eigenvalue weighted by atomic mass is 19.2. The summed E-state index contributed by atoms with van der Waals surface area (Å²) in [5, 5.41) is 0. The Morgan fingerprint density at radius 2 is 1.48 bits per heavy atom. The van der Waals surface area contributed by atoms with Gasteiger partial charge in [-0.05, 0) is 112 Å². The maximum atomic E-state index is 14.6. The molecule has 0 aliphatic heterocycles. The molecule has 1 aromatic rings. The summed E-state index contributed by atoms with van der Waals surface area (Å²) in [4.78, 5) is 0. The largest absolute Gasteiger partial charge is 0.491 e. The van der Waals surface area contributed by atoms with E-state index in [1.54, 1.807) is 19.1 Å². The van der Waals surface area contributed by atoms with E-state index in [1.165, 1.54) is 51.4 Å². The fraction of sp³-hybridized carbons (Fsp3) is 0.600. The van der Waals surface area contributed by atoms with Crippen LogP contribution in [0.2, 0.25) is 0 Å². The number of rotatable bonds is 7. The van der Waals surface area contributed by atoms with Crippen LogP contribution in [0, 0.1) is 41.2 Å². The molecule has 2 unspecified atom stereocenters. The Morgan fingerprint density at radius 1 is 0.818 bits per heavy atom. The van der Waals surface area contributed by atoms with Crippen LogP contribution in [0.15, 0.2) is 49.1 Å². The standard InChI is InChI=1S/C30H40F2O/c1-3-21-7-13-24(14-8-21)25-15-9-22(10-16-25)5-6-23-11-17-26(18-12-23)27-19-20-28(33-4-2)30(32)29(27)31/h3,5-6,11,17,19-26H,1,4,7-10,12-16,18H2,2H3.